The molecule has 1 aliphatic rings. The molecule has 1 aromatic rings. The average molecular weight is 361 g/mol. The topological polar surface area (TPSA) is 77.9 Å². The van der Waals surface area contributed by atoms with Gasteiger partial charge in [0.25, 0.3) is 10.0 Å². The Morgan fingerprint density at radius 1 is 1.43 bits per heavy atom. The van der Waals surface area contributed by atoms with Crippen LogP contribution in [0.25, 0.3) is 0 Å². The molecule has 1 N–H and O–H groups in total. The number of carboxylic acids is 1. The van der Waals surface area contributed by atoms with Crippen LogP contribution >= 0.6 is 11.3 Å². The minimum Gasteiger partial charge on any atom is -0.477 e. The molecule has 2 heterocycles. The third kappa shape index (κ3) is 3.93. The summed E-state index contributed by atoms with van der Waals surface area (Å²) in [6, 6.07) is 1.44. The molecule has 1 fully saturated rings. The molecule has 0 amide bonds. The molecule has 8 heteroatoms. The summed E-state index contributed by atoms with van der Waals surface area (Å²) in [5.74, 6) is -1.08. The lowest BCUT2D eigenvalue weighted by Crippen LogP contribution is -2.45. The van der Waals surface area contributed by atoms with Crippen LogP contribution in [-0.4, -0.2) is 61.4 Å². The highest BCUT2D eigenvalue weighted by Crippen LogP contribution is 2.30. The lowest BCUT2D eigenvalue weighted by Gasteiger charge is -2.35. The fraction of sp³-hybridized carbons (Fsp3) is 0.667. The molecule has 1 aliphatic heterocycles. The van der Waals surface area contributed by atoms with Gasteiger partial charge in [-0.25, -0.2) is 13.2 Å². The highest BCUT2D eigenvalue weighted by atomic mass is 32.2. The highest BCUT2D eigenvalue weighted by molar-refractivity contribution is 7.91. The van der Waals surface area contributed by atoms with Gasteiger partial charge in [-0.05, 0) is 57.5 Å². The Bertz CT molecular complexity index is 661. The third-order valence-electron chi connectivity index (χ3n) is 4.33. The van der Waals surface area contributed by atoms with Crippen LogP contribution in [0.2, 0.25) is 0 Å². The second kappa shape index (κ2) is 7.29. The maximum Gasteiger partial charge on any atom is 0.346 e. The van der Waals surface area contributed by atoms with Gasteiger partial charge in [0.15, 0.2) is 0 Å². The van der Waals surface area contributed by atoms with E-state index in [0.717, 1.165) is 50.2 Å². The second-order valence-corrected chi connectivity index (χ2v) is 9.25. The molecular formula is C15H24N2O4S2. The van der Waals surface area contributed by atoms with Gasteiger partial charge in [-0.3, -0.25) is 0 Å². The van der Waals surface area contributed by atoms with E-state index < -0.39 is 16.0 Å². The minimum absolute atomic E-state index is 0.0243. The van der Waals surface area contributed by atoms with Gasteiger partial charge in [0.05, 0.1) is 0 Å². The van der Waals surface area contributed by atoms with E-state index in [1.165, 1.54) is 10.4 Å². The normalized spacial score (nSPS) is 17.7. The van der Waals surface area contributed by atoms with Crippen LogP contribution in [0.5, 0.6) is 0 Å². The van der Waals surface area contributed by atoms with Crippen molar-refractivity contribution < 1.29 is 18.3 Å². The molecule has 0 atom stereocenters. The minimum atomic E-state index is -3.63. The molecule has 0 radical (unpaired) electrons. The van der Waals surface area contributed by atoms with E-state index in [-0.39, 0.29) is 15.1 Å². The van der Waals surface area contributed by atoms with E-state index in [1.807, 2.05) is 0 Å². The number of likely N-dealkylation sites (tertiary alicyclic amines) is 1. The zero-order chi connectivity index (χ0) is 17.2. The first-order valence-electron chi connectivity index (χ1n) is 7.81. The summed E-state index contributed by atoms with van der Waals surface area (Å²) in [5.41, 5.74) is 0.493. The highest BCUT2D eigenvalue weighted by Gasteiger charge is 2.32. The van der Waals surface area contributed by atoms with E-state index in [1.54, 1.807) is 14.0 Å². The summed E-state index contributed by atoms with van der Waals surface area (Å²) in [7, 11) is -2.03. The molecule has 130 valence electrons. The standard InChI is InChI=1S/C15H24N2O4S2/c1-4-7-17-8-5-12(6-9-17)16(3)23(20,21)13-10-11(2)14(22-13)15(18)19/h10,12H,4-9H2,1-3H3,(H,18,19). The molecule has 0 bridgehead atoms. The van der Waals surface area contributed by atoms with Crippen LogP contribution in [0.3, 0.4) is 0 Å². The van der Waals surface area contributed by atoms with Crippen LogP contribution < -0.4 is 0 Å². The lowest BCUT2D eigenvalue weighted by atomic mass is 10.1. The van der Waals surface area contributed by atoms with Crippen molar-refractivity contribution >= 4 is 27.3 Å². The Labute approximate surface area is 141 Å². The number of hydrogen-bond acceptors (Lipinski definition) is 5. The van der Waals surface area contributed by atoms with Crippen LogP contribution in [0.1, 0.15) is 41.4 Å². The summed E-state index contributed by atoms with van der Waals surface area (Å²) in [6.45, 7) is 6.63. The monoisotopic (exact) mass is 360 g/mol. The van der Waals surface area contributed by atoms with Crippen LogP contribution in [0.15, 0.2) is 10.3 Å². The average Bonchev–Trinajstić information content (AvgIpc) is 2.90. The maximum atomic E-state index is 12.8. The molecule has 0 saturated carbocycles. The maximum absolute atomic E-state index is 12.8. The first-order chi connectivity index (χ1) is 10.8. The van der Waals surface area contributed by atoms with E-state index in [9.17, 15) is 13.2 Å². The number of thiophene rings is 1. The summed E-state index contributed by atoms with van der Waals surface area (Å²) in [4.78, 5) is 13.6. The second-order valence-electron chi connectivity index (χ2n) is 5.98. The van der Waals surface area contributed by atoms with Gasteiger partial charge in [0.1, 0.15) is 9.09 Å². The number of carbonyl (C=O) groups is 1. The Hall–Kier alpha value is -0.960. The zero-order valence-electron chi connectivity index (χ0n) is 13.8. The zero-order valence-corrected chi connectivity index (χ0v) is 15.4. The van der Waals surface area contributed by atoms with Gasteiger partial charge in [-0.15, -0.1) is 11.3 Å². The number of sulfonamides is 1. The van der Waals surface area contributed by atoms with Gasteiger partial charge >= 0.3 is 5.97 Å². The summed E-state index contributed by atoms with van der Waals surface area (Å²) < 4.78 is 27.1. The Kier molecular flexibility index (Phi) is 5.83. The van der Waals surface area contributed by atoms with E-state index >= 15 is 0 Å². The molecule has 2 rings (SSSR count). The van der Waals surface area contributed by atoms with Crippen LogP contribution in [-0.2, 0) is 10.0 Å². The number of aromatic carboxylic acids is 1. The molecule has 1 saturated heterocycles. The summed E-state index contributed by atoms with van der Waals surface area (Å²) in [6.07, 6.45) is 2.73. The van der Waals surface area contributed by atoms with Gasteiger partial charge in [-0.2, -0.15) is 4.31 Å². The lowest BCUT2D eigenvalue weighted by molar-refractivity contribution is 0.0701. The number of carboxylic acid groups (broad SMARTS) is 1. The fourth-order valence-corrected chi connectivity index (χ4v) is 5.93. The van der Waals surface area contributed by atoms with Crippen molar-refractivity contribution in [1.29, 1.82) is 0 Å². The molecule has 0 aliphatic carbocycles. The molecule has 0 spiro atoms. The third-order valence-corrected chi connectivity index (χ3v) is 7.92. The van der Waals surface area contributed by atoms with E-state index in [0.29, 0.717) is 5.56 Å². The van der Waals surface area contributed by atoms with Gasteiger partial charge in [-0.1, -0.05) is 6.92 Å². The van der Waals surface area contributed by atoms with Crippen molar-refractivity contribution in [2.24, 2.45) is 0 Å². The van der Waals surface area contributed by atoms with Gasteiger partial charge in [0.2, 0.25) is 0 Å². The number of piperidine rings is 1. The predicted molar refractivity (Wildman–Crippen MR) is 90.7 cm³/mol. The largest absolute Gasteiger partial charge is 0.477 e. The first kappa shape index (κ1) is 18.4. The summed E-state index contributed by atoms with van der Waals surface area (Å²) in [5, 5.41) is 9.11. The Morgan fingerprint density at radius 3 is 2.52 bits per heavy atom. The van der Waals surface area contributed by atoms with E-state index in [2.05, 4.69) is 11.8 Å². The SMILES string of the molecule is CCCN1CCC(N(C)S(=O)(=O)c2cc(C)c(C(=O)O)s2)CC1. The predicted octanol–water partition coefficient (Wildman–Crippen LogP) is 2.25. The first-order valence-corrected chi connectivity index (χ1v) is 10.1. The van der Waals surface area contributed by atoms with Crippen LogP contribution in [0, 0.1) is 6.92 Å². The molecule has 1 aromatic heterocycles. The van der Waals surface area contributed by atoms with Gasteiger partial charge < -0.3 is 10.0 Å². The molecule has 0 unspecified atom stereocenters. The molecular weight excluding hydrogens is 336 g/mol. The number of aryl methyl sites for hydroxylation is 1. The molecule has 0 aromatic carbocycles. The van der Waals surface area contributed by atoms with Crippen molar-refractivity contribution in [3.05, 3.63) is 16.5 Å². The van der Waals surface area contributed by atoms with Crippen LogP contribution in [0.4, 0.5) is 0 Å². The van der Waals surface area contributed by atoms with Crippen molar-refractivity contribution in [3.8, 4) is 0 Å². The Morgan fingerprint density at radius 2 is 2.04 bits per heavy atom. The van der Waals surface area contributed by atoms with Crippen molar-refractivity contribution in [1.82, 2.24) is 9.21 Å². The van der Waals surface area contributed by atoms with Crippen molar-refractivity contribution in [3.63, 3.8) is 0 Å². The fourth-order valence-electron chi connectivity index (χ4n) is 2.95. The number of nitrogens with zero attached hydrogens (tertiary/aromatic N) is 2. The number of hydrogen-bond donors (Lipinski definition) is 1. The number of rotatable bonds is 6. The quantitative estimate of drug-likeness (QED) is 0.842. The smallest absolute Gasteiger partial charge is 0.346 e. The van der Waals surface area contributed by atoms with E-state index in [4.69, 9.17) is 5.11 Å². The molecule has 23 heavy (non-hydrogen) atoms. The van der Waals surface area contributed by atoms with Gasteiger partial charge in [0, 0.05) is 13.1 Å². The molecule has 6 nitrogen and oxygen atoms in total. The van der Waals surface area contributed by atoms with Crippen molar-refractivity contribution in [2.45, 2.75) is 43.4 Å². The summed E-state index contributed by atoms with van der Waals surface area (Å²) >= 11 is 0.836. The van der Waals surface area contributed by atoms with Crippen molar-refractivity contribution in [2.75, 3.05) is 26.7 Å². The Balaban J connectivity index is 2.13.